The number of rotatable bonds is 3. The lowest BCUT2D eigenvalue weighted by Gasteiger charge is -2.36. The summed E-state index contributed by atoms with van der Waals surface area (Å²) in [5.74, 6) is 0. The van der Waals surface area contributed by atoms with E-state index in [9.17, 15) is 4.79 Å². The minimum Gasteiger partial charge on any atom is -0.364 e. The Morgan fingerprint density at radius 2 is 1.77 bits per heavy atom. The van der Waals surface area contributed by atoms with Crippen LogP contribution in [-0.2, 0) is 0 Å². The van der Waals surface area contributed by atoms with Gasteiger partial charge in [-0.3, -0.25) is 4.79 Å². The van der Waals surface area contributed by atoms with E-state index in [1.807, 2.05) is 36.4 Å². The van der Waals surface area contributed by atoms with E-state index in [0.29, 0.717) is 5.02 Å². The second-order valence-electron chi connectivity index (χ2n) is 6.65. The molecule has 0 amide bonds. The molecule has 4 rings (SSSR count). The van der Waals surface area contributed by atoms with Gasteiger partial charge >= 0.3 is 0 Å². The lowest BCUT2D eigenvalue weighted by atomic mass is 9.98. The first kappa shape index (κ1) is 17.1. The summed E-state index contributed by atoms with van der Waals surface area (Å²) in [6.07, 6.45) is 0. The van der Waals surface area contributed by atoms with Crippen molar-refractivity contribution in [3.63, 3.8) is 0 Å². The molecule has 0 unspecified atom stereocenters. The number of fused-ring (bicyclic) bond motifs is 1. The van der Waals surface area contributed by atoms with Crippen molar-refractivity contribution in [2.45, 2.75) is 6.92 Å². The molecular weight excluding hydrogens is 346 g/mol. The second-order valence-corrected chi connectivity index (χ2v) is 7.09. The van der Waals surface area contributed by atoms with Crippen molar-refractivity contribution in [3.05, 3.63) is 63.9 Å². The van der Waals surface area contributed by atoms with Gasteiger partial charge in [-0.2, -0.15) is 0 Å². The molecule has 2 heterocycles. The van der Waals surface area contributed by atoms with Crippen LogP contribution >= 0.6 is 11.6 Å². The van der Waals surface area contributed by atoms with Crippen LogP contribution < -0.4 is 10.5 Å². The molecular formula is C21H22ClN3O. The Morgan fingerprint density at radius 3 is 2.46 bits per heavy atom. The zero-order valence-electron chi connectivity index (χ0n) is 14.8. The Labute approximate surface area is 158 Å². The number of benzene rings is 2. The van der Waals surface area contributed by atoms with E-state index in [1.165, 1.54) is 0 Å². The SMILES string of the molecule is CCN1CCN(c2c(-c3ccccc3)c3cc(Cl)ccc3[nH]c2=O)CC1. The Morgan fingerprint density at radius 1 is 1.04 bits per heavy atom. The summed E-state index contributed by atoms with van der Waals surface area (Å²) in [7, 11) is 0. The fraction of sp³-hybridized carbons (Fsp3) is 0.286. The molecule has 26 heavy (non-hydrogen) atoms. The van der Waals surface area contributed by atoms with Crippen molar-refractivity contribution in [3.8, 4) is 11.1 Å². The predicted molar refractivity (Wildman–Crippen MR) is 109 cm³/mol. The Kier molecular flexibility index (Phi) is 4.70. The average Bonchev–Trinajstić information content (AvgIpc) is 2.68. The van der Waals surface area contributed by atoms with E-state index >= 15 is 0 Å². The van der Waals surface area contributed by atoms with E-state index in [0.717, 1.165) is 60.4 Å². The van der Waals surface area contributed by atoms with Crippen molar-refractivity contribution in [2.75, 3.05) is 37.6 Å². The van der Waals surface area contributed by atoms with Crippen LogP contribution in [0.1, 0.15) is 6.92 Å². The number of aromatic nitrogens is 1. The fourth-order valence-electron chi connectivity index (χ4n) is 3.74. The molecule has 0 bridgehead atoms. The summed E-state index contributed by atoms with van der Waals surface area (Å²) in [6.45, 7) is 6.86. The number of aromatic amines is 1. The van der Waals surface area contributed by atoms with Crippen LogP contribution in [-0.4, -0.2) is 42.6 Å². The number of nitrogens with one attached hydrogen (secondary N) is 1. The molecule has 4 nitrogen and oxygen atoms in total. The van der Waals surface area contributed by atoms with Gasteiger partial charge in [0.2, 0.25) is 0 Å². The highest BCUT2D eigenvalue weighted by Crippen LogP contribution is 2.35. The molecule has 0 saturated carbocycles. The van der Waals surface area contributed by atoms with Gasteiger partial charge in [0.05, 0.1) is 0 Å². The lowest BCUT2D eigenvalue weighted by Crippen LogP contribution is -2.47. The highest BCUT2D eigenvalue weighted by atomic mass is 35.5. The molecule has 1 N–H and O–H groups in total. The van der Waals surface area contributed by atoms with E-state index in [2.05, 4.69) is 33.8 Å². The van der Waals surface area contributed by atoms with Gasteiger partial charge in [-0.15, -0.1) is 0 Å². The number of anilines is 1. The number of likely N-dealkylation sites (N-methyl/N-ethyl adjacent to an activating group) is 1. The average molecular weight is 368 g/mol. The molecule has 1 aliphatic rings. The van der Waals surface area contributed by atoms with E-state index < -0.39 is 0 Å². The molecule has 3 aromatic rings. The van der Waals surface area contributed by atoms with E-state index in [4.69, 9.17) is 11.6 Å². The summed E-state index contributed by atoms with van der Waals surface area (Å²) < 4.78 is 0. The second kappa shape index (κ2) is 7.14. The highest BCUT2D eigenvalue weighted by molar-refractivity contribution is 6.31. The number of hydrogen-bond donors (Lipinski definition) is 1. The Balaban J connectivity index is 1.94. The lowest BCUT2D eigenvalue weighted by molar-refractivity contribution is 0.271. The molecule has 5 heteroatoms. The van der Waals surface area contributed by atoms with Gasteiger partial charge in [0.25, 0.3) is 5.56 Å². The van der Waals surface area contributed by atoms with Crippen LogP contribution in [0.2, 0.25) is 5.02 Å². The maximum absolute atomic E-state index is 13.0. The number of H-pyrrole nitrogens is 1. The molecule has 134 valence electrons. The van der Waals surface area contributed by atoms with Crippen LogP contribution in [0.15, 0.2) is 53.3 Å². The van der Waals surface area contributed by atoms with Gasteiger partial charge in [0.1, 0.15) is 5.69 Å². The molecule has 1 aliphatic heterocycles. The molecule has 1 fully saturated rings. The number of pyridine rings is 1. The normalized spacial score (nSPS) is 15.5. The molecule has 1 aromatic heterocycles. The third-order valence-corrected chi connectivity index (χ3v) is 5.38. The van der Waals surface area contributed by atoms with Gasteiger partial charge in [-0.25, -0.2) is 0 Å². The van der Waals surface area contributed by atoms with Crippen LogP contribution in [0.4, 0.5) is 5.69 Å². The summed E-state index contributed by atoms with van der Waals surface area (Å²) in [4.78, 5) is 20.7. The van der Waals surface area contributed by atoms with Crippen molar-refractivity contribution < 1.29 is 0 Å². The summed E-state index contributed by atoms with van der Waals surface area (Å²) in [5, 5.41) is 1.65. The van der Waals surface area contributed by atoms with Gasteiger partial charge < -0.3 is 14.8 Å². The van der Waals surface area contributed by atoms with E-state index in [1.54, 1.807) is 0 Å². The van der Waals surface area contributed by atoms with Crippen LogP contribution in [0, 0.1) is 0 Å². The highest BCUT2D eigenvalue weighted by Gasteiger charge is 2.23. The summed E-state index contributed by atoms with van der Waals surface area (Å²) in [6, 6.07) is 15.8. The first-order valence-corrected chi connectivity index (χ1v) is 9.43. The smallest absolute Gasteiger partial charge is 0.272 e. The third-order valence-electron chi connectivity index (χ3n) is 5.15. The Bertz CT molecular complexity index is 976. The first-order valence-electron chi connectivity index (χ1n) is 9.05. The van der Waals surface area contributed by atoms with Crippen LogP contribution in [0.5, 0.6) is 0 Å². The predicted octanol–water partition coefficient (Wildman–Crippen LogP) is 3.99. The van der Waals surface area contributed by atoms with Crippen LogP contribution in [0.25, 0.3) is 22.0 Å². The van der Waals surface area contributed by atoms with E-state index in [-0.39, 0.29) is 5.56 Å². The van der Waals surface area contributed by atoms with Gasteiger partial charge in [-0.05, 0) is 30.3 Å². The first-order chi connectivity index (χ1) is 12.7. The minimum absolute atomic E-state index is 0.0383. The monoisotopic (exact) mass is 367 g/mol. The molecule has 0 atom stereocenters. The van der Waals surface area contributed by atoms with Crippen molar-refractivity contribution in [2.24, 2.45) is 0 Å². The molecule has 0 radical (unpaired) electrons. The van der Waals surface area contributed by atoms with Crippen LogP contribution in [0.3, 0.4) is 0 Å². The standard InChI is InChI=1S/C21H22ClN3O/c1-2-24-10-12-25(13-11-24)20-19(15-6-4-3-5-7-15)17-14-16(22)8-9-18(17)23-21(20)26/h3-9,14H,2,10-13H2,1H3,(H,23,26). The number of piperazine rings is 1. The minimum atomic E-state index is -0.0383. The van der Waals surface area contributed by atoms with Gasteiger partial charge in [-0.1, -0.05) is 48.9 Å². The number of halogens is 1. The van der Waals surface area contributed by atoms with Crippen molar-refractivity contribution in [1.29, 1.82) is 0 Å². The summed E-state index contributed by atoms with van der Waals surface area (Å²) in [5.41, 5.74) is 3.54. The number of hydrogen-bond acceptors (Lipinski definition) is 3. The van der Waals surface area contributed by atoms with Crippen molar-refractivity contribution >= 4 is 28.2 Å². The Hall–Kier alpha value is -2.30. The van der Waals surface area contributed by atoms with Gasteiger partial charge in [0.15, 0.2) is 0 Å². The van der Waals surface area contributed by atoms with Crippen molar-refractivity contribution in [1.82, 2.24) is 9.88 Å². The zero-order chi connectivity index (χ0) is 18.1. The zero-order valence-corrected chi connectivity index (χ0v) is 15.6. The molecule has 2 aromatic carbocycles. The molecule has 1 saturated heterocycles. The number of nitrogens with zero attached hydrogens (tertiary/aromatic N) is 2. The third kappa shape index (κ3) is 3.11. The molecule has 0 aliphatic carbocycles. The largest absolute Gasteiger partial charge is 0.364 e. The summed E-state index contributed by atoms with van der Waals surface area (Å²) >= 11 is 6.28. The fourth-order valence-corrected chi connectivity index (χ4v) is 3.91. The van der Waals surface area contributed by atoms with Gasteiger partial charge in [0, 0.05) is 47.7 Å². The quantitative estimate of drug-likeness (QED) is 0.760. The topological polar surface area (TPSA) is 39.3 Å². The molecule has 0 spiro atoms. The maximum atomic E-state index is 13.0. The maximum Gasteiger partial charge on any atom is 0.272 e.